The second-order valence-corrected chi connectivity index (χ2v) is 19.9. The van der Waals surface area contributed by atoms with Crippen molar-refractivity contribution in [2.45, 2.75) is 70.6 Å². The summed E-state index contributed by atoms with van der Waals surface area (Å²) in [4.78, 5) is 39.6. The van der Waals surface area contributed by atoms with Crippen molar-refractivity contribution in [1.82, 2.24) is 28.8 Å². The number of pyridine rings is 1. The number of hydrogen-bond donors (Lipinski definition) is 2. The molecule has 16 heteroatoms. The number of methoxy groups -OCH3 is 1. The first kappa shape index (κ1) is 38.5. The molecule has 2 aliphatic heterocycles. The molecule has 11 rings (SSSR count). The van der Waals surface area contributed by atoms with Crippen LogP contribution < -0.4 is 14.9 Å². The van der Waals surface area contributed by atoms with Crippen LogP contribution in [0.4, 0.5) is 10.9 Å². The van der Waals surface area contributed by atoms with Gasteiger partial charge in [0.1, 0.15) is 11.5 Å². The second-order valence-electron chi connectivity index (χ2n) is 17.2. The Kier molecular flexibility index (Phi) is 9.62. The van der Waals surface area contributed by atoms with Crippen molar-refractivity contribution >= 4 is 54.5 Å². The van der Waals surface area contributed by atoms with E-state index in [2.05, 4.69) is 19.7 Å². The lowest BCUT2D eigenvalue weighted by molar-refractivity contribution is -0.184. The summed E-state index contributed by atoms with van der Waals surface area (Å²) in [5, 5.41) is 8.42. The molecule has 5 fully saturated rings. The summed E-state index contributed by atoms with van der Waals surface area (Å²) in [6, 6.07) is 17.2. The smallest absolute Gasteiger partial charge is 0.304 e. The molecule has 6 aliphatic rings. The molecule has 4 aliphatic carbocycles. The second kappa shape index (κ2) is 14.8. The van der Waals surface area contributed by atoms with Crippen LogP contribution in [0, 0.1) is 24.2 Å². The van der Waals surface area contributed by atoms with Crippen LogP contribution in [-0.2, 0) is 39.2 Å². The van der Waals surface area contributed by atoms with Gasteiger partial charge in [-0.05, 0) is 111 Å². The zero-order valence-corrected chi connectivity index (χ0v) is 34.9. The molecule has 59 heavy (non-hydrogen) atoms. The molecule has 4 saturated carbocycles. The number of nitrogens with zero attached hydrogens (tertiary/aromatic N) is 6. The maximum atomic E-state index is 14.3. The van der Waals surface area contributed by atoms with Gasteiger partial charge >= 0.3 is 10.2 Å². The molecular formula is C43H48N8O6S2. The number of para-hydroxylation sites is 1. The van der Waals surface area contributed by atoms with Gasteiger partial charge in [-0.25, -0.2) is 14.7 Å². The number of thiazole rings is 1. The van der Waals surface area contributed by atoms with E-state index in [4.69, 9.17) is 19.6 Å². The first-order chi connectivity index (χ1) is 28.5. The molecular weight excluding hydrogens is 789 g/mol. The van der Waals surface area contributed by atoms with Gasteiger partial charge in [0.05, 0.1) is 35.2 Å². The van der Waals surface area contributed by atoms with Crippen molar-refractivity contribution in [3.8, 4) is 11.1 Å². The molecule has 2 aromatic carbocycles. The summed E-state index contributed by atoms with van der Waals surface area (Å²) in [6.45, 7) is 4.50. The highest BCUT2D eigenvalue weighted by atomic mass is 32.2. The fourth-order valence-electron chi connectivity index (χ4n) is 11.1. The van der Waals surface area contributed by atoms with E-state index in [-0.39, 0.29) is 48.9 Å². The quantitative estimate of drug-likeness (QED) is 0.172. The summed E-state index contributed by atoms with van der Waals surface area (Å²) in [7, 11) is -2.32. The molecule has 2 unspecified atom stereocenters. The number of fused-ring (bicyclic) bond motifs is 2. The van der Waals surface area contributed by atoms with E-state index < -0.39 is 16.1 Å². The van der Waals surface area contributed by atoms with Gasteiger partial charge in [-0.2, -0.15) is 17.8 Å². The summed E-state index contributed by atoms with van der Waals surface area (Å²) in [6.07, 6.45) is 9.32. The van der Waals surface area contributed by atoms with Crippen LogP contribution in [0.1, 0.15) is 76.2 Å². The van der Waals surface area contributed by atoms with Gasteiger partial charge in [0, 0.05) is 62.2 Å². The molecule has 2 N–H and O–H groups in total. The number of rotatable bonds is 10. The molecule has 3 aromatic heterocycles. The normalized spacial score (nSPS) is 25.3. The Labute approximate surface area is 347 Å². The van der Waals surface area contributed by atoms with E-state index >= 15 is 0 Å². The molecule has 4 bridgehead atoms. The predicted molar refractivity (Wildman–Crippen MR) is 225 cm³/mol. The van der Waals surface area contributed by atoms with Crippen LogP contribution in [0.15, 0.2) is 60.8 Å². The zero-order valence-electron chi connectivity index (χ0n) is 33.3. The van der Waals surface area contributed by atoms with Crippen LogP contribution >= 0.6 is 11.3 Å². The summed E-state index contributed by atoms with van der Waals surface area (Å²) < 4.78 is 45.2. The number of carbonyl (C=O) groups is 2. The number of carbonyl (C=O) groups excluding carboxylic acids is 2. The fraction of sp³-hybridized carbons (Fsp3) is 0.465. The predicted octanol–water partition coefficient (Wildman–Crippen LogP) is 5.97. The van der Waals surface area contributed by atoms with Gasteiger partial charge in [0.15, 0.2) is 5.13 Å². The number of morpholine rings is 1. The Morgan fingerprint density at radius 2 is 1.75 bits per heavy atom. The lowest BCUT2D eigenvalue weighted by atomic mass is 9.48. The Morgan fingerprint density at radius 3 is 2.53 bits per heavy atom. The Bertz CT molecular complexity index is 2540. The minimum atomic E-state index is -4.18. The highest BCUT2D eigenvalue weighted by molar-refractivity contribution is 7.87. The van der Waals surface area contributed by atoms with E-state index in [1.807, 2.05) is 73.5 Å². The third-order valence-electron chi connectivity index (χ3n) is 13.4. The molecule has 5 heterocycles. The highest BCUT2D eigenvalue weighted by Gasteiger charge is 2.58. The maximum absolute atomic E-state index is 14.3. The molecule has 14 nitrogen and oxygen atoms in total. The number of anilines is 2. The van der Waals surface area contributed by atoms with Crippen LogP contribution in [-0.4, -0.2) is 89.8 Å². The molecule has 0 radical (unpaired) electrons. The molecule has 5 aromatic rings. The lowest BCUT2D eigenvalue weighted by Crippen LogP contribution is -2.57. The molecule has 2 amide bonds. The van der Waals surface area contributed by atoms with Gasteiger partial charge in [0.25, 0.3) is 11.8 Å². The fourth-order valence-corrected chi connectivity index (χ4v) is 13.0. The summed E-state index contributed by atoms with van der Waals surface area (Å²) >= 11 is 1.42. The largest absolute Gasteiger partial charge is 0.379 e. The third kappa shape index (κ3) is 7.11. The SMILES string of the molecule is COC12CC3CC(CC(Cn4ncc(-c5ccc(N6CCc7cccc(C(=O)Nc8nc9ccccc9s8)c7C6)nc5C(=O)NS(=O)(=O)N5CCOCC5)c4C)(C3)C1)C2. The Hall–Kier alpha value is -4.74. The number of aromatic nitrogens is 4. The lowest BCUT2D eigenvalue weighted by Gasteiger charge is -2.61. The molecule has 0 spiro atoms. The standard InChI is InChI=1S/C43H48N8O6S2/c1-27-33(23-44-51(27)26-42-19-28-18-29(20-42)22-43(21-28,25-42)56-2)31-10-11-37(46-38(31)40(53)48-59(54,55)50-14-16-57-17-15-50)49-13-12-30-6-5-7-32(34(30)24-49)39(52)47-41-45-35-8-3-4-9-36(35)58-41/h3-11,23,28-29H,12-22,24-26H2,1-2H3,(H,48,53)(H,45,47,52). The van der Waals surface area contributed by atoms with Crippen molar-refractivity contribution in [3.05, 3.63) is 88.9 Å². The monoisotopic (exact) mass is 836 g/mol. The molecule has 1 saturated heterocycles. The first-order valence-electron chi connectivity index (χ1n) is 20.5. The topological polar surface area (TPSA) is 161 Å². The number of benzene rings is 2. The van der Waals surface area contributed by atoms with Crippen LogP contribution in [0.5, 0.6) is 0 Å². The number of ether oxygens (including phenoxy) is 2. The maximum Gasteiger partial charge on any atom is 0.304 e. The third-order valence-corrected chi connectivity index (χ3v) is 15.9. The number of hydrogen-bond acceptors (Lipinski definition) is 11. The highest BCUT2D eigenvalue weighted by Crippen LogP contribution is 2.63. The van der Waals surface area contributed by atoms with Gasteiger partial charge in [-0.15, -0.1) is 0 Å². The summed E-state index contributed by atoms with van der Waals surface area (Å²) in [5.74, 6) is 0.753. The van der Waals surface area contributed by atoms with Gasteiger partial charge in [-0.1, -0.05) is 35.6 Å². The average molecular weight is 837 g/mol. The van der Waals surface area contributed by atoms with Gasteiger partial charge < -0.3 is 14.4 Å². The first-order valence-corrected chi connectivity index (χ1v) is 22.8. The summed E-state index contributed by atoms with van der Waals surface area (Å²) in [5.41, 5.74) is 5.43. The van der Waals surface area contributed by atoms with E-state index in [0.717, 1.165) is 71.2 Å². The van der Waals surface area contributed by atoms with Crippen LogP contribution in [0.25, 0.3) is 21.3 Å². The zero-order chi connectivity index (χ0) is 40.5. The number of nitrogens with one attached hydrogen (secondary N) is 2. The molecule has 308 valence electrons. The van der Waals surface area contributed by atoms with E-state index in [0.29, 0.717) is 53.4 Å². The molecule has 2 atom stereocenters. The van der Waals surface area contributed by atoms with E-state index in [1.165, 1.54) is 22.1 Å². The van der Waals surface area contributed by atoms with E-state index in [1.54, 1.807) is 6.20 Å². The van der Waals surface area contributed by atoms with Gasteiger partial charge in [0.2, 0.25) is 0 Å². The van der Waals surface area contributed by atoms with Crippen molar-refractivity contribution in [3.63, 3.8) is 0 Å². The Morgan fingerprint density at radius 1 is 0.949 bits per heavy atom. The average Bonchev–Trinajstić information content (AvgIpc) is 3.81. The van der Waals surface area contributed by atoms with Crippen molar-refractivity contribution in [2.75, 3.05) is 50.2 Å². The van der Waals surface area contributed by atoms with Crippen molar-refractivity contribution in [1.29, 1.82) is 0 Å². The van der Waals surface area contributed by atoms with Crippen molar-refractivity contribution < 1.29 is 27.5 Å². The number of amides is 2. The Balaban J connectivity index is 0.961. The minimum absolute atomic E-state index is 0.0113. The minimum Gasteiger partial charge on any atom is -0.379 e. The van der Waals surface area contributed by atoms with Crippen LogP contribution in [0.3, 0.4) is 0 Å². The van der Waals surface area contributed by atoms with Crippen molar-refractivity contribution in [2.24, 2.45) is 17.3 Å². The van der Waals surface area contributed by atoms with Crippen LogP contribution in [0.2, 0.25) is 0 Å². The van der Waals surface area contributed by atoms with E-state index in [9.17, 15) is 18.0 Å². The van der Waals surface area contributed by atoms with Gasteiger partial charge in [-0.3, -0.25) is 19.6 Å².